The summed E-state index contributed by atoms with van der Waals surface area (Å²) in [7, 11) is 6.58. The second-order valence-electron chi connectivity index (χ2n) is 5.21. The van der Waals surface area contributed by atoms with Gasteiger partial charge in [-0.2, -0.15) is 0 Å². The van der Waals surface area contributed by atoms with Crippen LogP contribution < -0.4 is 18.9 Å². The summed E-state index contributed by atoms with van der Waals surface area (Å²) in [5.74, 6) is 2.99. The van der Waals surface area contributed by atoms with Crippen LogP contribution in [0.3, 0.4) is 0 Å². The largest absolute Gasteiger partial charge is 0.493 e. The molecule has 0 aliphatic carbocycles. The molecule has 0 heterocycles. The molecule has 0 amide bonds. The van der Waals surface area contributed by atoms with E-state index in [0.29, 0.717) is 0 Å². The molecule has 0 bridgehead atoms. The zero-order chi connectivity index (χ0) is 17.4. The molecule has 128 valence electrons. The number of benzene rings is 2. The first-order valence-electron chi connectivity index (χ1n) is 7.82. The van der Waals surface area contributed by atoms with E-state index in [9.17, 15) is 0 Å². The Morgan fingerprint density at radius 1 is 0.792 bits per heavy atom. The Bertz CT molecular complexity index is 692. The highest BCUT2D eigenvalue weighted by Crippen LogP contribution is 2.32. The minimum atomic E-state index is 0.736. The summed E-state index contributed by atoms with van der Waals surface area (Å²) in [6, 6.07) is 11.9. The smallest absolute Gasteiger partial charge is 0.167 e. The summed E-state index contributed by atoms with van der Waals surface area (Å²) >= 11 is 0. The number of methoxy groups -OCH3 is 4. The van der Waals surface area contributed by atoms with Gasteiger partial charge in [0.25, 0.3) is 0 Å². The minimum absolute atomic E-state index is 0.736. The number of hydrogen-bond acceptors (Lipinski definition) is 4. The first-order chi connectivity index (χ1) is 11.7. The van der Waals surface area contributed by atoms with Gasteiger partial charge in [0.05, 0.1) is 28.4 Å². The van der Waals surface area contributed by atoms with Gasteiger partial charge in [-0.3, -0.25) is 0 Å². The molecular weight excluding hydrogens is 304 g/mol. The molecule has 0 fully saturated rings. The van der Waals surface area contributed by atoms with Crippen LogP contribution >= 0.6 is 0 Å². The molecule has 2 aromatic rings. The van der Waals surface area contributed by atoms with Gasteiger partial charge in [-0.15, -0.1) is 0 Å². The van der Waals surface area contributed by atoms with Crippen LogP contribution in [0.4, 0.5) is 0 Å². The van der Waals surface area contributed by atoms with Gasteiger partial charge in [-0.1, -0.05) is 30.4 Å². The van der Waals surface area contributed by atoms with Crippen LogP contribution in [0.15, 0.2) is 42.5 Å². The molecule has 0 saturated heterocycles. The van der Waals surface area contributed by atoms with Crippen LogP contribution in [-0.4, -0.2) is 28.4 Å². The predicted molar refractivity (Wildman–Crippen MR) is 96.4 cm³/mol. The first-order valence-corrected chi connectivity index (χ1v) is 7.82. The second kappa shape index (κ2) is 8.87. The molecule has 4 nitrogen and oxygen atoms in total. The Morgan fingerprint density at radius 3 is 2.21 bits per heavy atom. The quantitative estimate of drug-likeness (QED) is 0.721. The van der Waals surface area contributed by atoms with Crippen molar-refractivity contribution in [2.24, 2.45) is 0 Å². The van der Waals surface area contributed by atoms with Crippen molar-refractivity contribution >= 4 is 6.08 Å². The molecule has 0 aliphatic rings. The lowest BCUT2D eigenvalue weighted by atomic mass is 10.1. The molecule has 0 atom stereocenters. The number of ether oxygens (including phenoxy) is 4. The lowest BCUT2D eigenvalue weighted by molar-refractivity contribution is 0.354. The van der Waals surface area contributed by atoms with Crippen LogP contribution in [0.2, 0.25) is 0 Å². The summed E-state index contributed by atoms with van der Waals surface area (Å²) in [6.45, 7) is 0. The van der Waals surface area contributed by atoms with E-state index in [1.165, 1.54) is 5.56 Å². The van der Waals surface area contributed by atoms with Crippen molar-refractivity contribution in [2.45, 2.75) is 12.8 Å². The molecule has 0 saturated carbocycles. The molecule has 0 N–H and O–H groups in total. The molecule has 2 aromatic carbocycles. The van der Waals surface area contributed by atoms with E-state index in [1.807, 2.05) is 30.3 Å². The monoisotopic (exact) mass is 328 g/mol. The summed E-state index contributed by atoms with van der Waals surface area (Å²) in [6.07, 6.45) is 6.02. The maximum atomic E-state index is 5.43. The van der Waals surface area contributed by atoms with Crippen molar-refractivity contribution in [3.05, 3.63) is 53.6 Å². The van der Waals surface area contributed by atoms with Crippen LogP contribution in [0, 0.1) is 0 Å². The van der Waals surface area contributed by atoms with Gasteiger partial charge in [0.15, 0.2) is 23.0 Å². The van der Waals surface area contributed by atoms with Crippen LogP contribution in [0.25, 0.3) is 6.08 Å². The molecule has 0 spiro atoms. The summed E-state index contributed by atoms with van der Waals surface area (Å²) in [5, 5.41) is 0. The van der Waals surface area contributed by atoms with Crippen molar-refractivity contribution in [1.82, 2.24) is 0 Å². The predicted octanol–water partition coefficient (Wildman–Crippen LogP) is 4.37. The fourth-order valence-electron chi connectivity index (χ4n) is 2.54. The summed E-state index contributed by atoms with van der Waals surface area (Å²) in [4.78, 5) is 0. The van der Waals surface area contributed by atoms with Crippen molar-refractivity contribution in [2.75, 3.05) is 28.4 Å². The third kappa shape index (κ3) is 4.22. The Balaban J connectivity index is 2.03. The van der Waals surface area contributed by atoms with Crippen LogP contribution in [-0.2, 0) is 6.42 Å². The van der Waals surface area contributed by atoms with Gasteiger partial charge >= 0.3 is 0 Å². The third-order valence-electron chi connectivity index (χ3n) is 3.78. The maximum Gasteiger partial charge on any atom is 0.167 e. The highest BCUT2D eigenvalue weighted by atomic mass is 16.5. The minimum Gasteiger partial charge on any atom is -0.493 e. The highest BCUT2D eigenvalue weighted by Gasteiger charge is 2.07. The number of para-hydroxylation sites is 1. The molecular formula is C20H24O4. The Morgan fingerprint density at radius 2 is 1.54 bits per heavy atom. The van der Waals surface area contributed by atoms with Gasteiger partial charge < -0.3 is 18.9 Å². The molecule has 2 rings (SSSR count). The highest BCUT2D eigenvalue weighted by molar-refractivity contribution is 5.62. The van der Waals surface area contributed by atoms with Crippen LogP contribution in [0.5, 0.6) is 23.0 Å². The number of aryl methyl sites for hydroxylation is 1. The maximum absolute atomic E-state index is 5.43. The number of rotatable bonds is 8. The van der Waals surface area contributed by atoms with Crippen LogP contribution in [0.1, 0.15) is 17.5 Å². The van der Waals surface area contributed by atoms with Gasteiger partial charge in [-0.25, -0.2) is 0 Å². The Hall–Kier alpha value is -2.62. The van der Waals surface area contributed by atoms with Gasteiger partial charge in [0.2, 0.25) is 0 Å². The van der Waals surface area contributed by atoms with E-state index in [-0.39, 0.29) is 0 Å². The van der Waals surface area contributed by atoms with Gasteiger partial charge in [0.1, 0.15) is 0 Å². The van der Waals surface area contributed by atoms with Gasteiger partial charge in [0, 0.05) is 5.56 Å². The summed E-state index contributed by atoms with van der Waals surface area (Å²) < 4.78 is 21.3. The third-order valence-corrected chi connectivity index (χ3v) is 3.78. The Kier molecular flexibility index (Phi) is 6.55. The average molecular weight is 328 g/mol. The fraction of sp³-hybridized carbons (Fsp3) is 0.300. The molecule has 0 radical (unpaired) electrons. The van der Waals surface area contributed by atoms with E-state index >= 15 is 0 Å². The van der Waals surface area contributed by atoms with E-state index in [2.05, 4.69) is 18.2 Å². The molecule has 4 heteroatoms. The standard InChI is InChI=1S/C20H24O4/c1-21-17-13-12-15(14-19(17)23-3)8-5-6-9-16-10-7-11-18(22-2)20(16)24-4/h6-7,9-14H,5,8H2,1-4H3/b9-6+. The molecule has 0 aliphatic heterocycles. The van der Waals surface area contributed by atoms with E-state index in [4.69, 9.17) is 18.9 Å². The zero-order valence-corrected chi connectivity index (χ0v) is 14.7. The van der Waals surface area contributed by atoms with Crippen molar-refractivity contribution in [3.63, 3.8) is 0 Å². The van der Waals surface area contributed by atoms with Crippen molar-refractivity contribution < 1.29 is 18.9 Å². The average Bonchev–Trinajstić information content (AvgIpc) is 2.64. The fourth-order valence-corrected chi connectivity index (χ4v) is 2.54. The number of hydrogen-bond donors (Lipinski definition) is 0. The SMILES string of the molecule is COc1ccc(CC/C=C/c2cccc(OC)c2OC)cc1OC. The van der Waals surface area contributed by atoms with E-state index < -0.39 is 0 Å². The molecule has 0 unspecified atom stereocenters. The van der Waals surface area contributed by atoms with E-state index in [1.54, 1.807) is 28.4 Å². The molecule has 24 heavy (non-hydrogen) atoms. The molecule has 0 aromatic heterocycles. The van der Waals surface area contributed by atoms with E-state index in [0.717, 1.165) is 41.4 Å². The first kappa shape index (κ1) is 17.7. The Labute approximate surface area is 143 Å². The normalized spacial score (nSPS) is 10.7. The lowest BCUT2D eigenvalue weighted by Crippen LogP contribution is -1.93. The summed E-state index contributed by atoms with van der Waals surface area (Å²) in [5.41, 5.74) is 2.21. The number of allylic oxidation sites excluding steroid dienone is 1. The van der Waals surface area contributed by atoms with Crippen molar-refractivity contribution in [3.8, 4) is 23.0 Å². The van der Waals surface area contributed by atoms with Gasteiger partial charge in [-0.05, 0) is 36.6 Å². The van der Waals surface area contributed by atoms with Crippen molar-refractivity contribution in [1.29, 1.82) is 0 Å². The lowest BCUT2D eigenvalue weighted by Gasteiger charge is -2.10. The second-order valence-corrected chi connectivity index (χ2v) is 5.21. The topological polar surface area (TPSA) is 36.9 Å². The zero-order valence-electron chi connectivity index (χ0n) is 14.7.